The average Bonchev–Trinajstić information content (AvgIpc) is 2.90. The van der Waals surface area contributed by atoms with Crippen molar-refractivity contribution in [1.82, 2.24) is 10.2 Å². The maximum atomic E-state index is 3.55. The van der Waals surface area contributed by atoms with E-state index >= 15 is 0 Å². The molecule has 0 amide bonds. The Kier molecular flexibility index (Phi) is 2.73. The van der Waals surface area contributed by atoms with Crippen LogP contribution in [0.2, 0.25) is 0 Å². The maximum Gasteiger partial charge on any atom is 0.0252 e. The van der Waals surface area contributed by atoms with E-state index in [1.807, 2.05) is 0 Å². The van der Waals surface area contributed by atoms with Crippen LogP contribution in [0.15, 0.2) is 0 Å². The minimum atomic E-state index is 0.776. The Morgan fingerprint density at radius 1 is 1.07 bits per heavy atom. The normalized spacial score (nSPS) is 46.2. The largest absolute Gasteiger partial charge is 0.315 e. The number of nitrogens with zero attached hydrogens (tertiary/aromatic N) is 1. The van der Waals surface area contributed by atoms with E-state index in [-0.39, 0.29) is 0 Å². The second kappa shape index (κ2) is 4.06. The van der Waals surface area contributed by atoms with Crippen LogP contribution in [0.4, 0.5) is 0 Å². The van der Waals surface area contributed by atoms with Crippen molar-refractivity contribution in [1.29, 1.82) is 0 Å². The van der Waals surface area contributed by atoms with Crippen molar-refractivity contribution in [2.75, 3.05) is 13.6 Å². The van der Waals surface area contributed by atoms with Crippen LogP contribution in [-0.4, -0.2) is 36.6 Å². The molecule has 15 heavy (non-hydrogen) atoms. The predicted octanol–water partition coefficient (Wildman–Crippen LogP) is 2.00. The third kappa shape index (κ3) is 1.72. The summed E-state index contributed by atoms with van der Waals surface area (Å²) >= 11 is 0. The molecule has 4 atom stereocenters. The van der Waals surface area contributed by atoms with E-state index in [9.17, 15) is 0 Å². The molecule has 3 aliphatic rings. The molecular weight excluding hydrogens is 184 g/mol. The monoisotopic (exact) mass is 208 g/mol. The van der Waals surface area contributed by atoms with Gasteiger partial charge in [-0.15, -0.1) is 0 Å². The Balaban J connectivity index is 1.69. The number of nitrogens with one attached hydrogen (secondary N) is 1. The van der Waals surface area contributed by atoms with Gasteiger partial charge in [0.05, 0.1) is 0 Å². The van der Waals surface area contributed by atoms with Crippen molar-refractivity contribution in [2.45, 2.75) is 63.1 Å². The third-order valence-corrected chi connectivity index (χ3v) is 4.98. The molecule has 0 aromatic rings. The minimum Gasteiger partial charge on any atom is -0.315 e. The highest BCUT2D eigenvalue weighted by Crippen LogP contribution is 2.40. The number of fused-ring (bicyclic) bond motifs is 2. The van der Waals surface area contributed by atoms with Gasteiger partial charge in [0.2, 0.25) is 0 Å². The number of likely N-dealkylation sites (N-methyl/N-ethyl adjacent to an activating group) is 1. The van der Waals surface area contributed by atoms with Gasteiger partial charge in [0.15, 0.2) is 0 Å². The summed E-state index contributed by atoms with van der Waals surface area (Å²) in [5.41, 5.74) is 0. The maximum absolute atomic E-state index is 3.55. The lowest BCUT2D eigenvalue weighted by molar-refractivity contribution is 0.0932. The molecule has 1 N–H and O–H groups in total. The molecule has 2 saturated carbocycles. The number of piperidine rings is 1. The predicted molar refractivity (Wildman–Crippen MR) is 62.9 cm³/mol. The molecule has 0 aromatic heterocycles. The fraction of sp³-hybridized carbons (Fsp3) is 1.00. The molecule has 1 saturated heterocycles. The first-order chi connectivity index (χ1) is 7.38. The Hall–Kier alpha value is -0.0800. The lowest BCUT2D eigenvalue weighted by atomic mass is 9.88. The van der Waals surface area contributed by atoms with Crippen molar-refractivity contribution in [2.24, 2.45) is 5.92 Å². The smallest absolute Gasteiger partial charge is 0.0252 e. The highest BCUT2D eigenvalue weighted by Gasteiger charge is 2.43. The van der Waals surface area contributed by atoms with Gasteiger partial charge >= 0.3 is 0 Å². The highest BCUT2D eigenvalue weighted by molar-refractivity contribution is 4.99. The zero-order valence-corrected chi connectivity index (χ0v) is 9.91. The number of rotatable bonds is 2. The Morgan fingerprint density at radius 3 is 2.60 bits per heavy atom. The van der Waals surface area contributed by atoms with Gasteiger partial charge in [0.1, 0.15) is 0 Å². The number of likely N-dealkylation sites (tertiary alicyclic amines) is 1. The van der Waals surface area contributed by atoms with Gasteiger partial charge in [-0.2, -0.15) is 0 Å². The van der Waals surface area contributed by atoms with E-state index in [4.69, 9.17) is 0 Å². The summed E-state index contributed by atoms with van der Waals surface area (Å²) in [7, 11) is 2.15. The highest BCUT2D eigenvalue weighted by atomic mass is 15.2. The van der Waals surface area contributed by atoms with E-state index in [2.05, 4.69) is 17.3 Å². The summed E-state index contributed by atoms with van der Waals surface area (Å²) in [5.74, 6) is 1.05. The third-order valence-electron chi connectivity index (χ3n) is 4.98. The SMILES string of the molecule is CNC1CCCCC1N1CC2CCC1C2. The Bertz CT molecular complexity index is 229. The van der Waals surface area contributed by atoms with Gasteiger partial charge in [-0.1, -0.05) is 12.8 Å². The summed E-state index contributed by atoms with van der Waals surface area (Å²) in [5, 5.41) is 3.55. The molecule has 2 bridgehead atoms. The molecule has 2 heteroatoms. The molecule has 2 aliphatic carbocycles. The molecule has 2 nitrogen and oxygen atoms in total. The Labute approximate surface area is 93.4 Å². The summed E-state index contributed by atoms with van der Waals surface area (Å²) in [6, 6.07) is 2.59. The minimum absolute atomic E-state index is 0.776. The molecule has 0 spiro atoms. The van der Waals surface area contributed by atoms with Crippen molar-refractivity contribution >= 4 is 0 Å². The van der Waals surface area contributed by atoms with Gasteiger partial charge in [0, 0.05) is 24.7 Å². The topological polar surface area (TPSA) is 15.3 Å². The standard InChI is InChI=1S/C13H24N2/c1-14-12-4-2-3-5-13(12)15-9-10-6-7-11(15)8-10/h10-14H,2-9H2,1H3. The summed E-state index contributed by atoms with van der Waals surface area (Å²) in [4.78, 5) is 2.86. The molecular formula is C13H24N2. The van der Waals surface area contributed by atoms with E-state index in [1.165, 1.54) is 51.5 Å². The summed E-state index contributed by atoms with van der Waals surface area (Å²) in [6.07, 6.45) is 10.2. The fourth-order valence-electron chi connectivity index (χ4n) is 4.21. The zero-order valence-electron chi connectivity index (χ0n) is 9.91. The van der Waals surface area contributed by atoms with Crippen LogP contribution in [0, 0.1) is 5.92 Å². The van der Waals surface area contributed by atoms with Gasteiger partial charge in [-0.3, -0.25) is 4.90 Å². The van der Waals surface area contributed by atoms with Gasteiger partial charge < -0.3 is 5.32 Å². The van der Waals surface area contributed by atoms with Gasteiger partial charge in [-0.25, -0.2) is 0 Å². The summed E-state index contributed by atoms with van der Waals surface area (Å²) in [6.45, 7) is 1.41. The average molecular weight is 208 g/mol. The van der Waals surface area contributed by atoms with Crippen LogP contribution < -0.4 is 5.32 Å². The molecule has 4 unspecified atom stereocenters. The van der Waals surface area contributed by atoms with Crippen molar-refractivity contribution < 1.29 is 0 Å². The van der Waals surface area contributed by atoms with Crippen molar-refractivity contribution in [3.63, 3.8) is 0 Å². The zero-order chi connectivity index (χ0) is 10.3. The quantitative estimate of drug-likeness (QED) is 0.746. The molecule has 0 radical (unpaired) electrons. The first kappa shape index (κ1) is 10.1. The number of hydrogen-bond donors (Lipinski definition) is 1. The molecule has 1 aliphatic heterocycles. The van der Waals surface area contributed by atoms with Crippen LogP contribution in [0.25, 0.3) is 0 Å². The summed E-state index contributed by atoms with van der Waals surface area (Å²) < 4.78 is 0. The molecule has 0 aromatic carbocycles. The molecule has 1 heterocycles. The van der Waals surface area contributed by atoms with E-state index in [0.29, 0.717) is 0 Å². The fourth-order valence-corrected chi connectivity index (χ4v) is 4.21. The first-order valence-electron chi connectivity index (χ1n) is 6.81. The van der Waals surface area contributed by atoms with Crippen LogP contribution >= 0.6 is 0 Å². The van der Waals surface area contributed by atoms with Crippen LogP contribution in [0.5, 0.6) is 0 Å². The van der Waals surface area contributed by atoms with E-state index in [0.717, 1.165) is 24.0 Å². The molecule has 86 valence electrons. The van der Waals surface area contributed by atoms with Crippen LogP contribution in [-0.2, 0) is 0 Å². The van der Waals surface area contributed by atoms with Crippen LogP contribution in [0.1, 0.15) is 44.9 Å². The van der Waals surface area contributed by atoms with Gasteiger partial charge in [-0.05, 0) is 45.1 Å². The van der Waals surface area contributed by atoms with Crippen LogP contribution in [0.3, 0.4) is 0 Å². The molecule has 3 fully saturated rings. The van der Waals surface area contributed by atoms with Gasteiger partial charge in [0.25, 0.3) is 0 Å². The second-order valence-corrected chi connectivity index (χ2v) is 5.78. The first-order valence-corrected chi connectivity index (χ1v) is 6.81. The molecule has 3 rings (SSSR count). The Morgan fingerprint density at radius 2 is 1.93 bits per heavy atom. The van der Waals surface area contributed by atoms with E-state index < -0.39 is 0 Å². The number of hydrogen-bond acceptors (Lipinski definition) is 2. The van der Waals surface area contributed by atoms with E-state index in [1.54, 1.807) is 0 Å². The lowest BCUT2D eigenvalue weighted by Crippen LogP contribution is -2.53. The van der Waals surface area contributed by atoms with Crippen molar-refractivity contribution in [3.05, 3.63) is 0 Å². The lowest BCUT2D eigenvalue weighted by Gasteiger charge is -2.42. The second-order valence-electron chi connectivity index (χ2n) is 5.78. The van der Waals surface area contributed by atoms with Crippen molar-refractivity contribution in [3.8, 4) is 0 Å².